The summed E-state index contributed by atoms with van der Waals surface area (Å²) in [6.07, 6.45) is 2.22. The molecule has 1 atom stereocenters. The Labute approximate surface area is 131 Å². The molecule has 0 aliphatic carbocycles. The smallest absolute Gasteiger partial charge is 0.0307 e. The van der Waals surface area contributed by atoms with Crippen LogP contribution in [0.2, 0.25) is 0 Å². The van der Waals surface area contributed by atoms with E-state index in [1.807, 2.05) is 0 Å². The van der Waals surface area contributed by atoms with Crippen LogP contribution in [0.4, 0.5) is 0 Å². The van der Waals surface area contributed by atoms with Crippen LogP contribution in [0.25, 0.3) is 0 Å². The van der Waals surface area contributed by atoms with E-state index in [4.69, 9.17) is 5.73 Å². The van der Waals surface area contributed by atoms with Crippen LogP contribution in [0.15, 0.2) is 18.2 Å². The summed E-state index contributed by atoms with van der Waals surface area (Å²) in [5.41, 5.74) is 10.3. The highest BCUT2D eigenvalue weighted by Gasteiger charge is 2.10. The van der Waals surface area contributed by atoms with Gasteiger partial charge in [-0.15, -0.1) is 0 Å². The maximum atomic E-state index is 6.40. The summed E-state index contributed by atoms with van der Waals surface area (Å²) in [7, 11) is 4.26. The minimum absolute atomic E-state index is 0.141. The predicted molar refractivity (Wildman–Crippen MR) is 92.7 cm³/mol. The van der Waals surface area contributed by atoms with Gasteiger partial charge in [-0.1, -0.05) is 36.2 Å². The van der Waals surface area contributed by atoms with Crippen molar-refractivity contribution in [1.82, 2.24) is 9.80 Å². The van der Waals surface area contributed by atoms with Crippen molar-refractivity contribution in [1.29, 1.82) is 0 Å². The second-order valence-corrected chi connectivity index (χ2v) is 6.46. The van der Waals surface area contributed by atoms with E-state index in [1.54, 1.807) is 0 Å². The molecule has 0 aromatic heterocycles. The summed E-state index contributed by atoms with van der Waals surface area (Å²) in [4.78, 5) is 4.77. The topological polar surface area (TPSA) is 32.5 Å². The number of aryl methyl sites for hydroxylation is 2. The lowest BCUT2D eigenvalue weighted by atomic mass is 9.99. The van der Waals surface area contributed by atoms with Crippen LogP contribution in [0.1, 0.15) is 42.5 Å². The van der Waals surface area contributed by atoms with E-state index < -0.39 is 0 Å². The van der Waals surface area contributed by atoms with Gasteiger partial charge in [0.2, 0.25) is 0 Å². The van der Waals surface area contributed by atoms with Crippen molar-refractivity contribution in [2.75, 3.05) is 40.3 Å². The van der Waals surface area contributed by atoms with Crippen molar-refractivity contribution in [3.8, 4) is 0 Å². The predicted octanol–water partition coefficient (Wildman–Crippen LogP) is 2.97. The average Bonchev–Trinajstić information content (AvgIpc) is 2.40. The van der Waals surface area contributed by atoms with Crippen LogP contribution in [0.5, 0.6) is 0 Å². The molecule has 0 saturated carbocycles. The lowest BCUT2D eigenvalue weighted by Gasteiger charge is -2.25. The standard InChI is InChI=1S/C18H33N3/c1-6-8-21(11-10-20(4)5)9-7-18(19)17-13-15(2)12-16(3)14-17/h12-14,18H,6-11,19H2,1-5H3. The molecule has 21 heavy (non-hydrogen) atoms. The van der Waals surface area contributed by atoms with E-state index >= 15 is 0 Å². The average molecular weight is 291 g/mol. The van der Waals surface area contributed by atoms with Gasteiger partial charge in [-0.05, 0) is 59.4 Å². The maximum absolute atomic E-state index is 6.40. The van der Waals surface area contributed by atoms with Crippen molar-refractivity contribution in [2.24, 2.45) is 5.73 Å². The Morgan fingerprint density at radius 1 is 0.952 bits per heavy atom. The van der Waals surface area contributed by atoms with Crippen molar-refractivity contribution >= 4 is 0 Å². The van der Waals surface area contributed by atoms with Crippen LogP contribution in [0.3, 0.4) is 0 Å². The molecule has 1 rings (SSSR count). The Hall–Kier alpha value is -0.900. The Balaban J connectivity index is 2.53. The summed E-state index contributed by atoms with van der Waals surface area (Å²) in [6.45, 7) is 11.0. The first-order valence-corrected chi connectivity index (χ1v) is 8.13. The number of nitrogens with two attached hydrogens (primary N) is 1. The molecular formula is C18H33N3. The number of rotatable bonds is 9. The number of benzene rings is 1. The zero-order valence-corrected chi connectivity index (χ0v) is 14.5. The fourth-order valence-electron chi connectivity index (χ4n) is 2.71. The maximum Gasteiger partial charge on any atom is 0.0307 e. The van der Waals surface area contributed by atoms with Gasteiger partial charge in [-0.25, -0.2) is 0 Å². The third-order valence-corrected chi connectivity index (χ3v) is 3.83. The van der Waals surface area contributed by atoms with Crippen molar-refractivity contribution < 1.29 is 0 Å². The lowest BCUT2D eigenvalue weighted by molar-refractivity contribution is 0.234. The summed E-state index contributed by atoms with van der Waals surface area (Å²) in [5, 5.41) is 0. The van der Waals surface area contributed by atoms with Crippen molar-refractivity contribution in [3.63, 3.8) is 0 Å². The summed E-state index contributed by atoms with van der Waals surface area (Å²) >= 11 is 0. The fourth-order valence-corrected chi connectivity index (χ4v) is 2.71. The molecule has 3 heteroatoms. The highest BCUT2D eigenvalue weighted by atomic mass is 15.2. The van der Waals surface area contributed by atoms with E-state index in [-0.39, 0.29) is 6.04 Å². The number of hydrogen-bond donors (Lipinski definition) is 1. The molecule has 2 N–H and O–H groups in total. The normalized spacial score (nSPS) is 13.1. The van der Waals surface area contributed by atoms with Gasteiger partial charge in [0, 0.05) is 19.1 Å². The van der Waals surface area contributed by atoms with E-state index in [0.29, 0.717) is 0 Å². The van der Waals surface area contributed by atoms with Crippen molar-refractivity contribution in [2.45, 2.75) is 39.7 Å². The Bertz CT molecular complexity index is 395. The fraction of sp³-hybridized carbons (Fsp3) is 0.667. The van der Waals surface area contributed by atoms with Gasteiger partial charge in [0.25, 0.3) is 0 Å². The molecule has 0 aliphatic rings. The molecule has 0 heterocycles. The quantitative estimate of drug-likeness (QED) is 0.759. The summed E-state index contributed by atoms with van der Waals surface area (Å²) in [6, 6.07) is 6.79. The number of nitrogens with zero attached hydrogens (tertiary/aromatic N) is 2. The highest BCUT2D eigenvalue weighted by Crippen LogP contribution is 2.18. The highest BCUT2D eigenvalue weighted by molar-refractivity contribution is 5.30. The second kappa shape index (κ2) is 9.19. The van der Waals surface area contributed by atoms with Gasteiger partial charge in [-0.2, -0.15) is 0 Å². The minimum Gasteiger partial charge on any atom is -0.324 e. The summed E-state index contributed by atoms with van der Waals surface area (Å²) in [5.74, 6) is 0. The van der Waals surface area contributed by atoms with Gasteiger partial charge >= 0.3 is 0 Å². The zero-order chi connectivity index (χ0) is 15.8. The van der Waals surface area contributed by atoms with Gasteiger partial charge < -0.3 is 15.5 Å². The molecule has 1 aromatic rings. The van der Waals surface area contributed by atoms with Crippen molar-refractivity contribution in [3.05, 3.63) is 34.9 Å². The first-order chi connectivity index (χ1) is 9.92. The van der Waals surface area contributed by atoms with E-state index in [0.717, 1.165) is 32.6 Å². The molecule has 1 unspecified atom stereocenters. The molecular weight excluding hydrogens is 258 g/mol. The Kier molecular flexibility index (Phi) is 7.94. The molecule has 0 radical (unpaired) electrons. The molecule has 0 aliphatic heterocycles. The molecule has 0 amide bonds. The van der Waals surface area contributed by atoms with Gasteiger partial charge in [0.05, 0.1) is 0 Å². The van der Waals surface area contributed by atoms with Crippen LogP contribution >= 0.6 is 0 Å². The molecule has 3 nitrogen and oxygen atoms in total. The summed E-state index contributed by atoms with van der Waals surface area (Å²) < 4.78 is 0. The van der Waals surface area contributed by atoms with Gasteiger partial charge in [0.15, 0.2) is 0 Å². The first kappa shape index (κ1) is 18.1. The van der Waals surface area contributed by atoms with E-state index in [1.165, 1.54) is 23.1 Å². The van der Waals surface area contributed by atoms with Crippen LogP contribution in [0, 0.1) is 13.8 Å². The molecule has 0 saturated heterocycles. The van der Waals surface area contributed by atoms with E-state index in [2.05, 4.69) is 62.9 Å². The lowest BCUT2D eigenvalue weighted by Crippen LogP contribution is -2.34. The number of hydrogen-bond acceptors (Lipinski definition) is 3. The third kappa shape index (κ3) is 7.07. The monoisotopic (exact) mass is 291 g/mol. The third-order valence-electron chi connectivity index (χ3n) is 3.83. The largest absolute Gasteiger partial charge is 0.324 e. The van der Waals surface area contributed by atoms with E-state index in [9.17, 15) is 0 Å². The Morgan fingerprint density at radius 3 is 2.10 bits per heavy atom. The zero-order valence-electron chi connectivity index (χ0n) is 14.5. The number of likely N-dealkylation sites (N-methyl/N-ethyl adjacent to an activating group) is 1. The van der Waals surface area contributed by atoms with Gasteiger partial charge in [0.1, 0.15) is 0 Å². The molecule has 0 bridgehead atoms. The Morgan fingerprint density at radius 2 is 1.57 bits per heavy atom. The minimum atomic E-state index is 0.141. The molecule has 0 spiro atoms. The van der Waals surface area contributed by atoms with Crippen LogP contribution in [-0.2, 0) is 0 Å². The molecule has 120 valence electrons. The molecule has 0 fully saturated rings. The SMILES string of the molecule is CCCN(CCC(N)c1cc(C)cc(C)c1)CCN(C)C. The second-order valence-electron chi connectivity index (χ2n) is 6.46. The molecule has 1 aromatic carbocycles. The van der Waals surface area contributed by atoms with Gasteiger partial charge in [-0.3, -0.25) is 0 Å². The first-order valence-electron chi connectivity index (χ1n) is 8.13. The van der Waals surface area contributed by atoms with Crippen LogP contribution < -0.4 is 5.73 Å². The van der Waals surface area contributed by atoms with Crippen LogP contribution in [-0.4, -0.2) is 50.1 Å².